The van der Waals surface area contributed by atoms with Crippen LogP contribution in [0.15, 0.2) is 24.3 Å². The first kappa shape index (κ1) is 17.5. The molecule has 0 bridgehead atoms. The molecule has 8 nitrogen and oxygen atoms in total. The van der Waals surface area contributed by atoms with Gasteiger partial charge in [-0.3, -0.25) is 4.79 Å². The molecule has 0 saturated carbocycles. The molecule has 1 aromatic carbocycles. The molecule has 0 aliphatic carbocycles. The van der Waals surface area contributed by atoms with Gasteiger partial charge < -0.3 is 14.8 Å². The van der Waals surface area contributed by atoms with Crippen LogP contribution < -0.4 is 14.8 Å². The topological polar surface area (TPSA) is 90.6 Å². The van der Waals surface area contributed by atoms with E-state index in [0.29, 0.717) is 22.9 Å². The lowest BCUT2D eigenvalue weighted by molar-refractivity contribution is 0.101. The highest BCUT2D eigenvalue weighted by atomic mass is 19.3. The average molecular weight is 363 g/mol. The molecule has 3 rings (SSSR count). The van der Waals surface area contributed by atoms with E-state index < -0.39 is 18.0 Å². The van der Waals surface area contributed by atoms with Crippen molar-refractivity contribution in [3.8, 4) is 11.5 Å². The van der Waals surface area contributed by atoms with Crippen molar-refractivity contribution >= 4 is 17.4 Å². The summed E-state index contributed by atoms with van der Waals surface area (Å²) >= 11 is 0. The number of carbonyl (C=O) groups is 1. The molecule has 0 aliphatic heterocycles. The summed E-state index contributed by atoms with van der Waals surface area (Å²) in [6.45, 7) is 1.56. The first-order valence-corrected chi connectivity index (χ1v) is 7.48. The lowest BCUT2D eigenvalue weighted by Crippen LogP contribution is -2.15. The van der Waals surface area contributed by atoms with Crippen LogP contribution in [0.2, 0.25) is 0 Å². The first-order valence-electron chi connectivity index (χ1n) is 7.48. The van der Waals surface area contributed by atoms with Crippen LogP contribution in [0.1, 0.15) is 28.4 Å². The molecule has 1 N–H and O–H groups in total. The summed E-state index contributed by atoms with van der Waals surface area (Å²) in [6.07, 6.45) is -2.78. The fourth-order valence-corrected chi connectivity index (χ4v) is 2.36. The van der Waals surface area contributed by atoms with Crippen LogP contribution in [0.4, 0.5) is 14.5 Å². The number of hydrogen-bond acceptors (Lipinski definition) is 6. The van der Waals surface area contributed by atoms with Crippen molar-refractivity contribution in [3.05, 3.63) is 41.5 Å². The van der Waals surface area contributed by atoms with Gasteiger partial charge in [-0.15, -0.1) is 5.10 Å². The van der Waals surface area contributed by atoms with E-state index in [4.69, 9.17) is 9.47 Å². The summed E-state index contributed by atoms with van der Waals surface area (Å²) in [5, 5.41) is 6.43. The third kappa shape index (κ3) is 3.25. The van der Waals surface area contributed by atoms with Gasteiger partial charge in [0.15, 0.2) is 0 Å². The van der Waals surface area contributed by atoms with Crippen LogP contribution in [-0.2, 0) is 0 Å². The minimum atomic E-state index is -2.78. The molecule has 0 saturated heterocycles. The lowest BCUT2D eigenvalue weighted by atomic mass is 10.2. The molecule has 0 aliphatic rings. The molecule has 0 spiro atoms. The Labute approximate surface area is 146 Å². The highest BCUT2D eigenvalue weighted by molar-refractivity contribution is 6.02. The van der Waals surface area contributed by atoms with Crippen molar-refractivity contribution in [1.82, 2.24) is 19.6 Å². The van der Waals surface area contributed by atoms with Gasteiger partial charge >= 0.3 is 0 Å². The van der Waals surface area contributed by atoms with Crippen LogP contribution in [-0.4, -0.2) is 39.7 Å². The number of nitrogens with one attached hydrogen (secondary N) is 1. The Morgan fingerprint density at radius 2 is 1.96 bits per heavy atom. The molecule has 2 heterocycles. The Bertz CT molecular complexity index is 974. The Kier molecular flexibility index (Phi) is 4.65. The molecule has 2 aromatic heterocycles. The van der Waals surface area contributed by atoms with Gasteiger partial charge in [-0.2, -0.15) is 9.50 Å². The average Bonchev–Trinajstić information content (AvgIpc) is 3.04. The van der Waals surface area contributed by atoms with E-state index in [9.17, 15) is 13.6 Å². The largest absolute Gasteiger partial charge is 0.497 e. The number of nitrogens with zero attached hydrogens (tertiary/aromatic N) is 4. The molecule has 10 heteroatoms. The van der Waals surface area contributed by atoms with Crippen LogP contribution in [0.25, 0.3) is 5.78 Å². The minimum absolute atomic E-state index is 0.0805. The molecule has 0 fully saturated rings. The van der Waals surface area contributed by atoms with Crippen molar-refractivity contribution in [2.24, 2.45) is 0 Å². The summed E-state index contributed by atoms with van der Waals surface area (Å²) < 4.78 is 37.5. The Morgan fingerprint density at radius 3 is 2.62 bits per heavy atom. The molecule has 0 unspecified atom stereocenters. The smallest absolute Gasteiger partial charge is 0.295 e. The molecule has 3 aromatic rings. The number of aryl methyl sites for hydroxylation is 1. The monoisotopic (exact) mass is 363 g/mol. The Balaban J connectivity index is 1.97. The fourth-order valence-electron chi connectivity index (χ4n) is 2.36. The Hall–Kier alpha value is -3.30. The predicted octanol–water partition coefficient (Wildman–Crippen LogP) is 2.64. The van der Waals surface area contributed by atoms with Crippen LogP contribution in [0.3, 0.4) is 0 Å². The first-order chi connectivity index (χ1) is 12.4. The van der Waals surface area contributed by atoms with Crippen LogP contribution >= 0.6 is 0 Å². The SMILES string of the molecule is COc1ccc(OC)c(NC(=O)c2nc3nc(C)cc(C(F)F)n3n2)c1. The number of hydrogen-bond donors (Lipinski definition) is 1. The number of amides is 1. The van der Waals surface area contributed by atoms with Crippen molar-refractivity contribution < 1.29 is 23.0 Å². The number of anilines is 1. The summed E-state index contributed by atoms with van der Waals surface area (Å²) in [5.41, 5.74) is 0.286. The summed E-state index contributed by atoms with van der Waals surface area (Å²) in [6, 6.07) is 6.03. The number of aromatic nitrogens is 4. The molecule has 0 atom stereocenters. The van der Waals surface area contributed by atoms with Crippen molar-refractivity contribution in [2.45, 2.75) is 13.3 Å². The van der Waals surface area contributed by atoms with Gasteiger partial charge in [0.2, 0.25) is 5.82 Å². The van der Waals surface area contributed by atoms with E-state index in [1.165, 1.54) is 20.3 Å². The van der Waals surface area contributed by atoms with Crippen molar-refractivity contribution in [3.63, 3.8) is 0 Å². The van der Waals surface area contributed by atoms with Gasteiger partial charge in [-0.05, 0) is 25.1 Å². The number of methoxy groups -OCH3 is 2. The molecular formula is C16H15F2N5O3. The third-order valence-corrected chi connectivity index (χ3v) is 3.55. The zero-order valence-corrected chi connectivity index (χ0v) is 14.2. The van der Waals surface area contributed by atoms with E-state index in [2.05, 4.69) is 20.4 Å². The standard InChI is InChI=1S/C16H15F2N5O3/c1-8-6-11(13(17)18)23-16(19-8)21-14(22-23)15(24)20-10-7-9(25-2)4-5-12(10)26-3/h4-7,13H,1-3H3,(H,20,24). The second-order valence-corrected chi connectivity index (χ2v) is 5.29. The minimum Gasteiger partial charge on any atom is -0.497 e. The normalized spacial score (nSPS) is 11.0. The van der Waals surface area contributed by atoms with E-state index in [-0.39, 0.29) is 11.6 Å². The van der Waals surface area contributed by atoms with Gasteiger partial charge in [-0.1, -0.05) is 0 Å². The van der Waals surface area contributed by atoms with Crippen LogP contribution in [0.5, 0.6) is 11.5 Å². The van der Waals surface area contributed by atoms with Gasteiger partial charge in [0.1, 0.15) is 17.2 Å². The maximum Gasteiger partial charge on any atom is 0.295 e. The van der Waals surface area contributed by atoms with E-state index in [1.807, 2.05) is 0 Å². The number of carbonyl (C=O) groups excluding carboxylic acids is 1. The number of halogens is 2. The van der Waals surface area contributed by atoms with Crippen molar-refractivity contribution in [1.29, 1.82) is 0 Å². The number of fused-ring (bicyclic) bond motifs is 1. The van der Waals surface area contributed by atoms with Gasteiger partial charge in [0.05, 0.1) is 19.9 Å². The van der Waals surface area contributed by atoms with Crippen LogP contribution in [0, 0.1) is 6.92 Å². The van der Waals surface area contributed by atoms with E-state index in [0.717, 1.165) is 4.52 Å². The lowest BCUT2D eigenvalue weighted by Gasteiger charge is -2.10. The molecule has 26 heavy (non-hydrogen) atoms. The summed E-state index contributed by atoms with van der Waals surface area (Å²) in [4.78, 5) is 20.4. The zero-order chi connectivity index (χ0) is 18.8. The zero-order valence-electron chi connectivity index (χ0n) is 14.2. The molecule has 1 amide bonds. The number of ether oxygens (including phenoxy) is 2. The summed E-state index contributed by atoms with van der Waals surface area (Å²) in [5.74, 6) is -0.177. The van der Waals surface area contributed by atoms with E-state index >= 15 is 0 Å². The second kappa shape index (κ2) is 6.90. The molecular weight excluding hydrogens is 348 g/mol. The molecule has 136 valence electrons. The van der Waals surface area contributed by atoms with Gasteiger partial charge in [0, 0.05) is 11.8 Å². The van der Waals surface area contributed by atoms with E-state index in [1.54, 1.807) is 25.1 Å². The predicted molar refractivity (Wildman–Crippen MR) is 88.0 cm³/mol. The quantitative estimate of drug-likeness (QED) is 0.749. The highest BCUT2D eigenvalue weighted by Gasteiger charge is 2.21. The maximum absolute atomic E-state index is 13.2. The van der Waals surface area contributed by atoms with Gasteiger partial charge in [-0.25, -0.2) is 13.8 Å². The Morgan fingerprint density at radius 1 is 1.19 bits per heavy atom. The maximum atomic E-state index is 13.2. The van der Waals surface area contributed by atoms with Gasteiger partial charge in [0.25, 0.3) is 18.1 Å². The summed E-state index contributed by atoms with van der Waals surface area (Å²) in [7, 11) is 2.93. The third-order valence-electron chi connectivity index (χ3n) is 3.55. The highest BCUT2D eigenvalue weighted by Crippen LogP contribution is 2.29. The molecule has 0 radical (unpaired) electrons. The fraction of sp³-hybridized carbons (Fsp3) is 0.250. The number of rotatable bonds is 5. The second-order valence-electron chi connectivity index (χ2n) is 5.29. The number of alkyl halides is 2. The number of benzene rings is 1. The van der Waals surface area contributed by atoms with Crippen molar-refractivity contribution in [2.75, 3.05) is 19.5 Å².